The van der Waals surface area contributed by atoms with E-state index in [4.69, 9.17) is 12.2 Å². The molecule has 0 unspecified atom stereocenters. The fourth-order valence-electron chi connectivity index (χ4n) is 2.75. The average molecular weight is 352 g/mol. The van der Waals surface area contributed by atoms with Crippen LogP contribution in [-0.4, -0.2) is 19.3 Å². The van der Waals surface area contributed by atoms with Gasteiger partial charge < -0.3 is 4.98 Å². The van der Waals surface area contributed by atoms with Crippen molar-refractivity contribution in [2.75, 3.05) is 0 Å². The smallest absolute Gasteiger partial charge is 0.268 e. The lowest BCUT2D eigenvalue weighted by Crippen LogP contribution is -2.21. The SMILES string of the molecule is O=c1c2ccccc2[nH]c(=S)n1-c1ccn(Cc2cccc(F)c2)n1. The predicted molar refractivity (Wildman–Crippen MR) is 96.0 cm³/mol. The average Bonchev–Trinajstić information content (AvgIpc) is 3.03. The number of halogens is 1. The van der Waals surface area contributed by atoms with Crippen molar-refractivity contribution in [1.82, 2.24) is 19.3 Å². The Labute approximate surface area is 147 Å². The van der Waals surface area contributed by atoms with Crippen LogP contribution in [0, 0.1) is 10.6 Å². The van der Waals surface area contributed by atoms with E-state index in [-0.39, 0.29) is 16.1 Å². The number of hydrogen-bond acceptors (Lipinski definition) is 3. The molecule has 7 heteroatoms. The third-order valence-corrected chi connectivity index (χ3v) is 4.18. The van der Waals surface area contributed by atoms with Gasteiger partial charge in [-0.15, -0.1) is 0 Å². The molecule has 0 aliphatic carbocycles. The molecule has 0 amide bonds. The van der Waals surface area contributed by atoms with E-state index in [9.17, 15) is 9.18 Å². The molecule has 25 heavy (non-hydrogen) atoms. The molecule has 0 radical (unpaired) electrons. The first kappa shape index (κ1) is 15.5. The van der Waals surface area contributed by atoms with Gasteiger partial charge in [-0.25, -0.2) is 8.96 Å². The van der Waals surface area contributed by atoms with Crippen LogP contribution in [0.1, 0.15) is 5.56 Å². The number of rotatable bonds is 3. The van der Waals surface area contributed by atoms with Crippen molar-refractivity contribution >= 4 is 23.1 Å². The fraction of sp³-hybridized carbons (Fsp3) is 0.0556. The molecule has 0 bridgehead atoms. The van der Waals surface area contributed by atoms with Gasteiger partial charge in [0, 0.05) is 12.3 Å². The summed E-state index contributed by atoms with van der Waals surface area (Å²) in [6, 6.07) is 15.2. The number of aromatic amines is 1. The lowest BCUT2D eigenvalue weighted by Gasteiger charge is -2.05. The fourth-order valence-corrected chi connectivity index (χ4v) is 3.04. The molecule has 124 valence electrons. The highest BCUT2D eigenvalue weighted by molar-refractivity contribution is 7.71. The molecule has 1 N–H and O–H groups in total. The second kappa shape index (κ2) is 6.10. The van der Waals surface area contributed by atoms with Crippen molar-refractivity contribution in [2.24, 2.45) is 0 Å². The van der Waals surface area contributed by atoms with Gasteiger partial charge >= 0.3 is 0 Å². The number of nitrogens with one attached hydrogen (secondary N) is 1. The Bertz CT molecular complexity index is 1190. The van der Waals surface area contributed by atoms with E-state index in [0.717, 1.165) is 5.56 Å². The van der Waals surface area contributed by atoms with E-state index >= 15 is 0 Å². The summed E-state index contributed by atoms with van der Waals surface area (Å²) in [4.78, 5) is 15.8. The van der Waals surface area contributed by atoms with E-state index in [1.54, 1.807) is 41.2 Å². The molecule has 0 atom stereocenters. The molecule has 2 aromatic carbocycles. The lowest BCUT2D eigenvalue weighted by molar-refractivity contribution is 0.618. The second-order valence-electron chi connectivity index (χ2n) is 5.62. The Hall–Kier alpha value is -3.06. The van der Waals surface area contributed by atoms with Crippen LogP contribution in [0.25, 0.3) is 16.7 Å². The van der Waals surface area contributed by atoms with Crippen LogP contribution >= 0.6 is 12.2 Å². The molecule has 0 fully saturated rings. The van der Waals surface area contributed by atoms with E-state index < -0.39 is 0 Å². The summed E-state index contributed by atoms with van der Waals surface area (Å²) in [5.41, 5.74) is 1.24. The minimum absolute atomic E-state index is 0.227. The van der Waals surface area contributed by atoms with Crippen LogP contribution < -0.4 is 5.56 Å². The second-order valence-corrected chi connectivity index (χ2v) is 6.00. The van der Waals surface area contributed by atoms with Crippen molar-refractivity contribution in [3.05, 3.63) is 87.3 Å². The van der Waals surface area contributed by atoms with E-state index in [0.29, 0.717) is 23.3 Å². The molecule has 0 aliphatic heterocycles. The summed E-state index contributed by atoms with van der Waals surface area (Å²) in [5.74, 6) is 0.131. The van der Waals surface area contributed by atoms with Gasteiger partial charge in [-0.3, -0.25) is 9.48 Å². The van der Waals surface area contributed by atoms with Crippen LogP contribution in [0.3, 0.4) is 0 Å². The van der Waals surface area contributed by atoms with Crippen molar-refractivity contribution in [2.45, 2.75) is 6.54 Å². The molecule has 4 rings (SSSR count). The summed E-state index contributed by atoms with van der Waals surface area (Å²) in [6.45, 7) is 0.399. The predicted octanol–water partition coefficient (Wildman–Crippen LogP) is 3.43. The first-order valence-electron chi connectivity index (χ1n) is 7.64. The Balaban J connectivity index is 1.77. The Morgan fingerprint density at radius 2 is 1.96 bits per heavy atom. The number of benzene rings is 2. The molecule has 4 aromatic rings. The first-order chi connectivity index (χ1) is 12.1. The third-order valence-electron chi connectivity index (χ3n) is 3.89. The third kappa shape index (κ3) is 2.89. The molecule has 5 nitrogen and oxygen atoms in total. The zero-order chi connectivity index (χ0) is 17.4. The molecule has 0 saturated carbocycles. The summed E-state index contributed by atoms with van der Waals surface area (Å²) < 4.78 is 16.6. The van der Waals surface area contributed by atoms with Crippen LogP contribution in [-0.2, 0) is 6.54 Å². The largest absolute Gasteiger partial charge is 0.331 e. The number of nitrogens with zero attached hydrogens (tertiary/aromatic N) is 3. The number of H-pyrrole nitrogens is 1. The highest BCUT2D eigenvalue weighted by Gasteiger charge is 2.10. The highest BCUT2D eigenvalue weighted by Crippen LogP contribution is 2.11. The molecule has 2 heterocycles. The van der Waals surface area contributed by atoms with Gasteiger partial charge in [0.15, 0.2) is 10.6 Å². The van der Waals surface area contributed by atoms with Gasteiger partial charge in [0.1, 0.15) is 5.82 Å². The van der Waals surface area contributed by atoms with Gasteiger partial charge in [-0.1, -0.05) is 24.3 Å². The Kier molecular flexibility index (Phi) is 3.77. The Morgan fingerprint density at radius 1 is 1.12 bits per heavy atom. The first-order valence-corrected chi connectivity index (χ1v) is 8.05. The van der Waals surface area contributed by atoms with Gasteiger partial charge in [0.25, 0.3) is 5.56 Å². The molecular weight excluding hydrogens is 339 g/mol. The van der Waals surface area contributed by atoms with Gasteiger partial charge in [-0.05, 0) is 42.0 Å². The maximum atomic E-state index is 13.3. The highest BCUT2D eigenvalue weighted by atomic mass is 32.1. The van der Waals surface area contributed by atoms with E-state index in [2.05, 4.69) is 10.1 Å². The van der Waals surface area contributed by atoms with Gasteiger partial charge in [0.2, 0.25) is 0 Å². The van der Waals surface area contributed by atoms with Crippen LogP contribution in [0.5, 0.6) is 0 Å². The topological polar surface area (TPSA) is 55.6 Å². The van der Waals surface area contributed by atoms with Crippen molar-refractivity contribution in [1.29, 1.82) is 0 Å². The maximum Gasteiger partial charge on any atom is 0.268 e. The Morgan fingerprint density at radius 3 is 2.80 bits per heavy atom. The van der Waals surface area contributed by atoms with E-state index in [1.807, 2.05) is 12.1 Å². The molecule has 0 saturated heterocycles. The molecule has 0 aliphatic rings. The monoisotopic (exact) mass is 352 g/mol. The quantitative estimate of drug-likeness (QED) is 0.575. The van der Waals surface area contributed by atoms with Crippen molar-refractivity contribution in [3.63, 3.8) is 0 Å². The zero-order valence-electron chi connectivity index (χ0n) is 13.0. The minimum atomic E-state index is -0.293. The standard InChI is InChI=1S/C18H13FN4OS/c19-13-5-3-4-12(10-13)11-22-9-8-16(21-22)23-17(24)14-6-1-2-7-15(14)20-18(23)25/h1-10H,11H2,(H,20,25). The van der Waals surface area contributed by atoms with Crippen molar-refractivity contribution < 1.29 is 4.39 Å². The summed E-state index contributed by atoms with van der Waals surface area (Å²) in [6.07, 6.45) is 1.73. The van der Waals surface area contributed by atoms with Crippen LogP contribution in [0.4, 0.5) is 4.39 Å². The number of aromatic nitrogens is 4. The molecular formula is C18H13FN4OS. The molecule has 2 aromatic heterocycles. The van der Waals surface area contributed by atoms with Gasteiger partial charge in [-0.2, -0.15) is 5.10 Å². The van der Waals surface area contributed by atoms with Crippen molar-refractivity contribution in [3.8, 4) is 5.82 Å². The summed E-state index contributed by atoms with van der Waals surface area (Å²) in [7, 11) is 0. The van der Waals surface area contributed by atoms with E-state index in [1.165, 1.54) is 16.7 Å². The normalized spacial score (nSPS) is 11.1. The zero-order valence-corrected chi connectivity index (χ0v) is 13.8. The van der Waals surface area contributed by atoms with Crippen LogP contribution in [0.2, 0.25) is 0 Å². The minimum Gasteiger partial charge on any atom is -0.331 e. The lowest BCUT2D eigenvalue weighted by atomic mass is 10.2. The molecule has 0 spiro atoms. The summed E-state index contributed by atoms with van der Waals surface area (Å²) >= 11 is 5.31. The summed E-state index contributed by atoms with van der Waals surface area (Å²) in [5, 5.41) is 4.94. The number of hydrogen-bond donors (Lipinski definition) is 1. The number of fused-ring (bicyclic) bond motifs is 1. The van der Waals surface area contributed by atoms with Gasteiger partial charge in [0.05, 0.1) is 17.4 Å². The maximum absolute atomic E-state index is 13.3. The van der Waals surface area contributed by atoms with Crippen LogP contribution in [0.15, 0.2) is 65.6 Å². The number of para-hydroxylation sites is 1.